The van der Waals surface area contributed by atoms with Gasteiger partial charge >= 0.3 is 0 Å². The molecule has 0 atom stereocenters. The Morgan fingerprint density at radius 3 is 2.71 bits per heavy atom. The minimum absolute atomic E-state index is 0.126. The van der Waals surface area contributed by atoms with E-state index in [9.17, 15) is 5.26 Å². The molecule has 1 aliphatic rings. The molecule has 17 heavy (non-hydrogen) atoms. The predicted molar refractivity (Wildman–Crippen MR) is 85.2 cm³/mol. The molecule has 0 bridgehead atoms. The van der Waals surface area contributed by atoms with Crippen molar-refractivity contribution in [3.05, 3.63) is 31.8 Å². The van der Waals surface area contributed by atoms with Crippen molar-refractivity contribution in [2.24, 2.45) is 5.41 Å². The molecule has 1 aromatic carbocycles. The van der Waals surface area contributed by atoms with E-state index in [0.717, 1.165) is 35.2 Å². The van der Waals surface area contributed by atoms with Crippen molar-refractivity contribution in [2.75, 3.05) is 11.5 Å². The second-order valence-corrected chi connectivity index (χ2v) is 7.72. The number of thioether (sulfide) groups is 1. The monoisotopic (exact) mass is 421 g/mol. The molecule has 0 amide bonds. The molecule has 0 unspecified atom stereocenters. The summed E-state index contributed by atoms with van der Waals surface area (Å²) in [7, 11) is 0. The molecule has 2 rings (SSSR count). The SMILES string of the molecule is N#CC1(Cc2ccc(Br)cc2I)CCSCC1. The van der Waals surface area contributed by atoms with Gasteiger partial charge in [-0.05, 0) is 71.1 Å². The Kier molecular flexibility index (Phi) is 4.79. The lowest BCUT2D eigenvalue weighted by Gasteiger charge is -2.30. The first-order valence-electron chi connectivity index (χ1n) is 5.58. The Balaban J connectivity index is 2.21. The minimum atomic E-state index is -0.126. The molecule has 0 radical (unpaired) electrons. The van der Waals surface area contributed by atoms with Gasteiger partial charge in [-0.15, -0.1) is 0 Å². The molecule has 1 heterocycles. The Bertz CT molecular complexity index is 449. The normalized spacial score (nSPS) is 18.6. The summed E-state index contributed by atoms with van der Waals surface area (Å²) < 4.78 is 2.36. The molecular formula is C13H13BrINS. The molecule has 1 fully saturated rings. The third-order valence-corrected chi connectivity index (χ3v) is 5.71. The average molecular weight is 422 g/mol. The van der Waals surface area contributed by atoms with E-state index in [1.807, 2.05) is 11.8 Å². The van der Waals surface area contributed by atoms with Crippen molar-refractivity contribution in [1.82, 2.24) is 0 Å². The smallest absolute Gasteiger partial charge is 0.0693 e. The van der Waals surface area contributed by atoms with Crippen LogP contribution in [0.3, 0.4) is 0 Å². The van der Waals surface area contributed by atoms with Crippen molar-refractivity contribution >= 4 is 50.3 Å². The lowest BCUT2D eigenvalue weighted by Crippen LogP contribution is -2.27. The first-order valence-corrected chi connectivity index (χ1v) is 8.61. The second-order valence-electron chi connectivity index (χ2n) is 4.42. The fourth-order valence-electron chi connectivity index (χ4n) is 2.12. The van der Waals surface area contributed by atoms with Gasteiger partial charge in [0.1, 0.15) is 0 Å². The van der Waals surface area contributed by atoms with Crippen LogP contribution >= 0.6 is 50.3 Å². The Labute approximate surface area is 129 Å². The van der Waals surface area contributed by atoms with Gasteiger partial charge in [0.25, 0.3) is 0 Å². The maximum absolute atomic E-state index is 9.48. The van der Waals surface area contributed by atoms with E-state index in [2.05, 4.69) is 62.8 Å². The molecule has 0 aromatic heterocycles. The highest BCUT2D eigenvalue weighted by molar-refractivity contribution is 14.1. The van der Waals surface area contributed by atoms with E-state index in [1.165, 1.54) is 9.13 Å². The van der Waals surface area contributed by atoms with Crippen LogP contribution < -0.4 is 0 Å². The number of benzene rings is 1. The quantitative estimate of drug-likeness (QED) is 0.649. The molecule has 90 valence electrons. The highest BCUT2D eigenvalue weighted by Crippen LogP contribution is 2.38. The molecule has 1 nitrogen and oxygen atoms in total. The number of hydrogen-bond donors (Lipinski definition) is 0. The van der Waals surface area contributed by atoms with Crippen LogP contribution in [-0.4, -0.2) is 11.5 Å². The fourth-order valence-corrected chi connectivity index (χ4v) is 4.89. The first-order chi connectivity index (χ1) is 8.15. The van der Waals surface area contributed by atoms with Crippen molar-refractivity contribution in [3.63, 3.8) is 0 Å². The maximum atomic E-state index is 9.48. The number of rotatable bonds is 2. The number of nitriles is 1. The first kappa shape index (κ1) is 13.7. The van der Waals surface area contributed by atoms with Gasteiger partial charge in [-0.25, -0.2) is 0 Å². The Morgan fingerprint density at radius 2 is 2.12 bits per heavy atom. The van der Waals surface area contributed by atoms with Crippen molar-refractivity contribution in [2.45, 2.75) is 19.3 Å². The lowest BCUT2D eigenvalue weighted by atomic mass is 9.78. The highest BCUT2D eigenvalue weighted by Gasteiger charge is 2.32. The van der Waals surface area contributed by atoms with Crippen molar-refractivity contribution in [3.8, 4) is 6.07 Å². The van der Waals surface area contributed by atoms with Gasteiger partial charge in [-0.2, -0.15) is 17.0 Å². The van der Waals surface area contributed by atoms with E-state index in [0.29, 0.717) is 0 Å². The molecule has 4 heteroatoms. The van der Waals surface area contributed by atoms with Gasteiger partial charge in [0.15, 0.2) is 0 Å². The molecule has 1 saturated heterocycles. The maximum Gasteiger partial charge on any atom is 0.0693 e. The van der Waals surface area contributed by atoms with Crippen molar-refractivity contribution < 1.29 is 0 Å². The van der Waals surface area contributed by atoms with Crippen LogP contribution in [0.15, 0.2) is 22.7 Å². The van der Waals surface area contributed by atoms with Crippen LogP contribution in [-0.2, 0) is 6.42 Å². The predicted octanol–water partition coefficient (Wildman–Crippen LogP) is 4.63. The van der Waals surface area contributed by atoms with E-state index in [-0.39, 0.29) is 5.41 Å². The lowest BCUT2D eigenvalue weighted by molar-refractivity contribution is 0.361. The molecule has 0 saturated carbocycles. The summed E-state index contributed by atoms with van der Waals surface area (Å²) in [6, 6.07) is 8.92. The Hall–Kier alpha value is 0.270. The number of nitrogens with zero attached hydrogens (tertiary/aromatic N) is 1. The summed E-state index contributed by atoms with van der Waals surface area (Å²) in [4.78, 5) is 0. The molecule has 0 N–H and O–H groups in total. The van der Waals surface area contributed by atoms with Crippen LogP contribution in [0.1, 0.15) is 18.4 Å². The van der Waals surface area contributed by atoms with Crippen LogP contribution in [0.4, 0.5) is 0 Å². The van der Waals surface area contributed by atoms with Crippen LogP contribution in [0.5, 0.6) is 0 Å². The summed E-state index contributed by atoms with van der Waals surface area (Å²) >= 11 is 7.81. The summed E-state index contributed by atoms with van der Waals surface area (Å²) in [6.45, 7) is 0. The van der Waals surface area contributed by atoms with Gasteiger partial charge < -0.3 is 0 Å². The zero-order valence-electron chi connectivity index (χ0n) is 9.38. The molecule has 1 aliphatic heterocycles. The summed E-state index contributed by atoms with van der Waals surface area (Å²) in [6.07, 6.45) is 2.95. The van der Waals surface area contributed by atoms with Gasteiger partial charge in [-0.1, -0.05) is 22.0 Å². The van der Waals surface area contributed by atoms with Crippen LogP contribution in [0.2, 0.25) is 0 Å². The van der Waals surface area contributed by atoms with Crippen LogP contribution in [0, 0.1) is 20.3 Å². The molecular weight excluding hydrogens is 409 g/mol. The summed E-state index contributed by atoms with van der Waals surface area (Å²) in [5.74, 6) is 2.25. The van der Waals surface area contributed by atoms with Gasteiger partial charge in [0, 0.05) is 8.04 Å². The molecule has 0 spiro atoms. The third-order valence-electron chi connectivity index (χ3n) is 3.23. The van der Waals surface area contributed by atoms with E-state index in [4.69, 9.17) is 0 Å². The number of halogens is 2. The zero-order chi connectivity index (χ0) is 12.3. The van der Waals surface area contributed by atoms with Gasteiger partial charge in [0.05, 0.1) is 11.5 Å². The average Bonchev–Trinajstić information content (AvgIpc) is 2.34. The number of hydrogen-bond acceptors (Lipinski definition) is 2. The van der Waals surface area contributed by atoms with E-state index in [1.54, 1.807) is 0 Å². The largest absolute Gasteiger partial charge is 0.198 e. The zero-order valence-corrected chi connectivity index (χ0v) is 13.9. The van der Waals surface area contributed by atoms with Gasteiger partial charge in [0.2, 0.25) is 0 Å². The molecule has 0 aliphatic carbocycles. The van der Waals surface area contributed by atoms with E-state index < -0.39 is 0 Å². The van der Waals surface area contributed by atoms with Crippen molar-refractivity contribution in [1.29, 1.82) is 5.26 Å². The summed E-state index contributed by atoms with van der Waals surface area (Å²) in [5, 5.41) is 9.48. The topological polar surface area (TPSA) is 23.8 Å². The molecule has 1 aromatic rings. The van der Waals surface area contributed by atoms with Gasteiger partial charge in [-0.3, -0.25) is 0 Å². The van der Waals surface area contributed by atoms with Crippen LogP contribution in [0.25, 0.3) is 0 Å². The summed E-state index contributed by atoms with van der Waals surface area (Å²) in [5.41, 5.74) is 1.18. The second kappa shape index (κ2) is 5.94. The highest BCUT2D eigenvalue weighted by atomic mass is 127. The minimum Gasteiger partial charge on any atom is -0.198 e. The Morgan fingerprint density at radius 1 is 1.41 bits per heavy atom. The fraction of sp³-hybridized carbons (Fsp3) is 0.462. The standard InChI is InChI=1S/C13H13BrINS/c14-11-2-1-10(12(15)7-11)8-13(9-16)3-5-17-6-4-13/h1-2,7H,3-6,8H2. The third kappa shape index (κ3) is 3.39. The van der Waals surface area contributed by atoms with E-state index >= 15 is 0 Å².